The number of nitrogens with zero attached hydrogens (tertiary/aromatic N) is 2. The molecular formula is C19H33ClN2O3S3. The molecule has 9 heteroatoms. The van der Waals surface area contributed by atoms with Crippen LogP contribution in [-0.2, 0) is 16.0 Å². The summed E-state index contributed by atoms with van der Waals surface area (Å²) in [6.07, 6.45) is 11.0. The van der Waals surface area contributed by atoms with Crippen molar-refractivity contribution in [1.82, 2.24) is 4.31 Å². The summed E-state index contributed by atoms with van der Waals surface area (Å²) in [6, 6.07) is 0. The average Bonchev–Trinajstić information content (AvgIpc) is 2.69. The summed E-state index contributed by atoms with van der Waals surface area (Å²) >= 11 is 8.65. The second kappa shape index (κ2) is 14.3. The number of halogens is 1. The fourth-order valence-electron chi connectivity index (χ4n) is 3.25. The van der Waals surface area contributed by atoms with E-state index in [0.29, 0.717) is 23.1 Å². The van der Waals surface area contributed by atoms with E-state index in [9.17, 15) is 9.35 Å². The van der Waals surface area contributed by atoms with E-state index >= 15 is 0 Å². The van der Waals surface area contributed by atoms with Gasteiger partial charge in [0.05, 0.1) is 0 Å². The Bertz CT molecular complexity index is 499. The van der Waals surface area contributed by atoms with Crippen LogP contribution in [-0.4, -0.2) is 54.4 Å². The molecule has 1 aliphatic heterocycles. The van der Waals surface area contributed by atoms with Crippen LogP contribution in [0.4, 0.5) is 4.79 Å². The normalized spacial score (nSPS) is 27.0. The number of carbonyl (C=O) groups excluding carboxylic acids is 1. The molecule has 0 aromatic heterocycles. The molecule has 0 aromatic carbocycles. The third-order valence-electron chi connectivity index (χ3n) is 4.89. The van der Waals surface area contributed by atoms with E-state index in [4.69, 9.17) is 16.4 Å². The quantitative estimate of drug-likeness (QED) is 0.101. The zero-order valence-corrected chi connectivity index (χ0v) is 20.0. The second-order valence-corrected chi connectivity index (χ2v) is 11.9. The first-order valence-corrected chi connectivity index (χ1v) is 14.2. The molecule has 28 heavy (non-hydrogen) atoms. The smallest absolute Gasteiger partial charge is 0.446 e. The zero-order valence-electron chi connectivity index (χ0n) is 16.8. The highest BCUT2D eigenvalue weighted by Crippen LogP contribution is 2.34. The number of hydrogen-bond acceptors (Lipinski definition) is 6. The molecule has 3 unspecified atom stereocenters. The van der Waals surface area contributed by atoms with Crippen LogP contribution in [0.5, 0.6) is 0 Å². The summed E-state index contributed by atoms with van der Waals surface area (Å²) in [4.78, 5) is 17.9. The molecule has 0 radical (unpaired) electrons. The third-order valence-corrected chi connectivity index (χ3v) is 9.64. The first kappa shape index (κ1) is 24.5. The SMILES string of the molecule is CCCCCCCCN(SC1CCCCC1Cl)C(=O)ON=C1C[S+]([O-])CCS1. The van der Waals surface area contributed by atoms with Crippen LogP contribution < -0.4 is 0 Å². The number of oxime groups is 1. The van der Waals surface area contributed by atoms with Gasteiger partial charge in [0.1, 0.15) is 5.75 Å². The van der Waals surface area contributed by atoms with Gasteiger partial charge in [-0.15, -0.1) is 11.6 Å². The topological polar surface area (TPSA) is 65.0 Å². The molecule has 1 heterocycles. The van der Waals surface area contributed by atoms with E-state index in [2.05, 4.69) is 12.1 Å². The average molecular weight is 469 g/mol. The minimum Gasteiger partial charge on any atom is -0.616 e. The molecule has 5 nitrogen and oxygen atoms in total. The van der Waals surface area contributed by atoms with Crippen LogP contribution in [0, 0.1) is 0 Å². The molecule has 0 N–H and O–H groups in total. The standard InChI is InChI=1S/C19H33ClN2O3S3/c1-2-3-4-5-6-9-12-22(27-17-11-8-7-10-16(17)20)19(23)25-21-18-15-28(24)14-13-26-18/h16-17H,2-15H2,1H3. The predicted molar refractivity (Wildman–Crippen MR) is 124 cm³/mol. The Hall–Kier alpha value is 0.240. The Kier molecular flexibility index (Phi) is 12.5. The minimum atomic E-state index is -0.894. The molecule has 3 atom stereocenters. The van der Waals surface area contributed by atoms with Gasteiger partial charge in [-0.25, -0.2) is 9.10 Å². The molecule has 162 valence electrons. The lowest BCUT2D eigenvalue weighted by Crippen LogP contribution is -2.33. The molecule has 1 saturated carbocycles. The van der Waals surface area contributed by atoms with Crippen molar-refractivity contribution in [2.75, 3.05) is 23.8 Å². The van der Waals surface area contributed by atoms with Crippen molar-refractivity contribution in [3.05, 3.63) is 0 Å². The summed E-state index contributed by atoms with van der Waals surface area (Å²) in [7, 11) is 0. The predicted octanol–water partition coefficient (Wildman–Crippen LogP) is 5.79. The van der Waals surface area contributed by atoms with E-state index in [1.54, 1.807) is 4.31 Å². The Balaban J connectivity index is 1.85. The van der Waals surface area contributed by atoms with Crippen molar-refractivity contribution >= 4 is 57.6 Å². The number of amides is 1. The Labute approximate surface area is 186 Å². The fourth-order valence-corrected chi connectivity index (χ4v) is 7.49. The van der Waals surface area contributed by atoms with Gasteiger partial charge < -0.3 is 4.55 Å². The van der Waals surface area contributed by atoms with Crippen molar-refractivity contribution in [1.29, 1.82) is 0 Å². The Morgan fingerprint density at radius 1 is 1.32 bits per heavy atom. The molecule has 2 rings (SSSR count). The summed E-state index contributed by atoms with van der Waals surface area (Å²) in [5, 5.41) is 4.97. The first-order chi connectivity index (χ1) is 13.6. The highest BCUT2D eigenvalue weighted by molar-refractivity contribution is 8.17. The summed E-state index contributed by atoms with van der Waals surface area (Å²) < 4.78 is 13.4. The largest absolute Gasteiger partial charge is 0.616 e. The highest BCUT2D eigenvalue weighted by atomic mass is 35.5. The van der Waals surface area contributed by atoms with Crippen molar-refractivity contribution in [2.24, 2.45) is 5.16 Å². The fraction of sp³-hybridized carbons (Fsp3) is 0.895. The molecule has 1 amide bonds. The number of alkyl halides is 1. The lowest BCUT2D eigenvalue weighted by molar-refractivity contribution is 0.131. The van der Waals surface area contributed by atoms with Crippen molar-refractivity contribution in [3.63, 3.8) is 0 Å². The lowest BCUT2D eigenvalue weighted by Gasteiger charge is -2.30. The van der Waals surface area contributed by atoms with Gasteiger partial charge in [0, 0.05) is 22.9 Å². The zero-order chi connectivity index (χ0) is 20.2. The molecule has 0 bridgehead atoms. The maximum absolute atomic E-state index is 12.7. The maximum Gasteiger partial charge on any atom is 0.446 e. The van der Waals surface area contributed by atoms with Crippen LogP contribution in [0.25, 0.3) is 0 Å². The van der Waals surface area contributed by atoms with Crippen molar-refractivity contribution in [2.45, 2.75) is 81.8 Å². The highest BCUT2D eigenvalue weighted by Gasteiger charge is 2.29. The molecule has 2 aliphatic rings. The minimum absolute atomic E-state index is 0.0984. The number of rotatable bonds is 10. The van der Waals surface area contributed by atoms with Gasteiger partial charge in [-0.2, -0.15) is 0 Å². The van der Waals surface area contributed by atoms with Crippen LogP contribution in [0.15, 0.2) is 5.16 Å². The van der Waals surface area contributed by atoms with Crippen molar-refractivity contribution < 1.29 is 14.2 Å². The van der Waals surface area contributed by atoms with Crippen LogP contribution in [0.3, 0.4) is 0 Å². The van der Waals surface area contributed by atoms with Gasteiger partial charge in [0.15, 0.2) is 10.8 Å². The summed E-state index contributed by atoms with van der Waals surface area (Å²) in [5.74, 6) is 1.82. The molecule has 1 saturated heterocycles. The maximum atomic E-state index is 12.7. The lowest BCUT2D eigenvalue weighted by atomic mass is 10.00. The van der Waals surface area contributed by atoms with Crippen LogP contribution >= 0.6 is 35.3 Å². The van der Waals surface area contributed by atoms with Gasteiger partial charge in [-0.3, -0.25) is 4.84 Å². The van der Waals surface area contributed by atoms with Crippen molar-refractivity contribution in [3.8, 4) is 0 Å². The third kappa shape index (κ3) is 9.37. The molecule has 0 spiro atoms. The van der Waals surface area contributed by atoms with E-state index < -0.39 is 17.3 Å². The van der Waals surface area contributed by atoms with E-state index in [-0.39, 0.29) is 10.6 Å². The van der Waals surface area contributed by atoms with Gasteiger partial charge in [-0.05, 0) is 42.4 Å². The summed E-state index contributed by atoms with van der Waals surface area (Å²) in [5.41, 5.74) is 0. The van der Waals surface area contributed by atoms with Gasteiger partial charge in [-0.1, -0.05) is 68.8 Å². The number of unbranched alkanes of at least 4 members (excludes halogenated alkanes) is 5. The van der Waals surface area contributed by atoms with E-state index in [0.717, 1.165) is 44.3 Å². The molecular weight excluding hydrogens is 436 g/mol. The Morgan fingerprint density at radius 3 is 2.82 bits per heavy atom. The number of thioether (sulfide) groups is 1. The monoisotopic (exact) mass is 468 g/mol. The summed E-state index contributed by atoms with van der Waals surface area (Å²) in [6.45, 7) is 2.86. The molecule has 1 aliphatic carbocycles. The van der Waals surface area contributed by atoms with Gasteiger partial charge >= 0.3 is 6.09 Å². The second-order valence-electron chi connectivity index (χ2n) is 7.29. The van der Waals surface area contributed by atoms with E-state index in [1.807, 2.05) is 0 Å². The molecule has 0 aromatic rings. The van der Waals surface area contributed by atoms with Crippen LogP contribution in [0.2, 0.25) is 0 Å². The number of carbonyl (C=O) groups is 1. The Morgan fingerprint density at radius 2 is 2.07 bits per heavy atom. The van der Waals surface area contributed by atoms with E-state index in [1.165, 1.54) is 49.4 Å². The molecule has 2 fully saturated rings. The first-order valence-electron chi connectivity index (χ1n) is 10.4. The number of hydrogen-bond donors (Lipinski definition) is 0. The van der Waals surface area contributed by atoms with Crippen LogP contribution in [0.1, 0.15) is 71.1 Å². The van der Waals surface area contributed by atoms with Gasteiger partial charge in [0.2, 0.25) is 0 Å². The van der Waals surface area contributed by atoms with Gasteiger partial charge in [0.25, 0.3) is 0 Å².